The van der Waals surface area contributed by atoms with Gasteiger partial charge in [-0.15, -0.1) is 10.2 Å². The van der Waals surface area contributed by atoms with Crippen LogP contribution in [0.1, 0.15) is 32.8 Å². The molecule has 2 aromatic rings. The third-order valence-electron chi connectivity index (χ3n) is 3.15. The Morgan fingerprint density at radius 1 is 0.958 bits per heavy atom. The summed E-state index contributed by atoms with van der Waals surface area (Å²) in [6, 6.07) is 13.1. The van der Waals surface area contributed by atoms with Crippen LogP contribution in [0.25, 0.3) is 0 Å². The molecule has 1 aromatic heterocycles. The Morgan fingerprint density at radius 2 is 1.58 bits per heavy atom. The van der Waals surface area contributed by atoms with Crippen LogP contribution in [0.2, 0.25) is 0 Å². The molecule has 130 valence electrons. The number of hydrogen-bond acceptors (Lipinski definition) is 5. The van der Waals surface area contributed by atoms with Crippen molar-refractivity contribution in [2.24, 2.45) is 0 Å². The number of anilines is 2. The van der Waals surface area contributed by atoms with Crippen LogP contribution < -0.4 is 10.0 Å². The molecule has 0 unspecified atom stereocenters. The lowest BCUT2D eigenvalue weighted by Crippen LogP contribution is -2.27. The second kappa shape index (κ2) is 7.61. The Labute approximate surface area is 143 Å². The second-order valence-corrected chi connectivity index (χ2v) is 8.53. The molecule has 1 aromatic carbocycles. The van der Waals surface area contributed by atoms with Crippen LogP contribution in [0.5, 0.6) is 0 Å². The maximum absolute atomic E-state index is 12.1. The zero-order valence-corrected chi connectivity index (χ0v) is 15.1. The molecule has 0 amide bonds. The number of aromatic nitrogens is 2. The standard InChI is InChI=1S/C17H24N4O2S/c1-17(2,3)18-15-11-12-16(20-19-15)21-24(22,23)13-7-10-14-8-5-4-6-9-14/h4-6,8-9,11-12H,7,10,13H2,1-3H3,(H,18,19)(H,20,21). The van der Waals surface area contributed by atoms with Gasteiger partial charge in [-0.2, -0.15) is 0 Å². The van der Waals surface area contributed by atoms with Crippen molar-refractivity contribution in [2.75, 3.05) is 15.8 Å². The summed E-state index contributed by atoms with van der Waals surface area (Å²) in [5, 5.41) is 11.1. The third kappa shape index (κ3) is 6.54. The van der Waals surface area contributed by atoms with E-state index in [1.54, 1.807) is 12.1 Å². The van der Waals surface area contributed by atoms with Crippen molar-refractivity contribution in [3.8, 4) is 0 Å². The van der Waals surface area contributed by atoms with E-state index in [1.807, 2.05) is 51.1 Å². The summed E-state index contributed by atoms with van der Waals surface area (Å²) < 4.78 is 26.7. The first-order valence-corrected chi connectivity index (χ1v) is 9.55. The molecular weight excluding hydrogens is 324 g/mol. The fourth-order valence-corrected chi connectivity index (χ4v) is 3.21. The van der Waals surface area contributed by atoms with Crippen molar-refractivity contribution in [3.63, 3.8) is 0 Å². The molecular formula is C17H24N4O2S. The molecule has 0 fully saturated rings. The van der Waals surface area contributed by atoms with Crippen LogP contribution in [0.4, 0.5) is 11.6 Å². The number of nitrogens with one attached hydrogen (secondary N) is 2. The van der Waals surface area contributed by atoms with E-state index in [0.29, 0.717) is 12.2 Å². The van der Waals surface area contributed by atoms with Gasteiger partial charge in [0.2, 0.25) is 10.0 Å². The van der Waals surface area contributed by atoms with E-state index in [4.69, 9.17) is 0 Å². The Hall–Kier alpha value is -2.15. The Kier molecular flexibility index (Phi) is 5.77. The Balaban J connectivity index is 1.87. The highest BCUT2D eigenvalue weighted by atomic mass is 32.2. The fraction of sp³-hybridized carbons (Fsp3) is 0.412. The lowest BCUT2D eigenvalue weighted by molar-refractivity contribution is 0.598. The van der Waals surface area contributed by atoms with Gasteiger partial charge in [0.25, 0.3) is 0 Å². The van der Waals surface area contributed by atoms with Gasteiger partial charge < -0.3 is 5.32 Å². The van der Waals surface area contributed by atoms with Gasteiger partial charge in [0.15, 0.2) is 5.82 Å². The average molecular weight is 348 g/mol. The summed E-state index contributed by atoms with van der Waals surface area (Å²) in [7, 11) is -3.43. The van der Waals surface area contributed by atoms with Crippen molar-refractivity contribution < 1.29 is 8.42 Å². The summed E-state index contributed by atoms with van der Waals surface area (Å²) in [6.45, 7) is 6.04. The van der Waals surface area contributed by atoms with Crippen LogP contribution in [-0.4, -0.2) is 29.9 Å². The summed E-state index contributed by atoms with van der Waals surface area (Å²) in [5.41, 5.74) is 0.998. The van der Waals surface area contributed by atoms with Gasteiger partial charge in [0, 0.05) is 5.54 Å². The van der Waals surface area contributed by atoms with Crippen molar-refractivity contribution >= 4 is 21.7 Å². The molecule has 0 aliphatic heterocycles. The van der Waals surface area contributed by atoms with Gasteiger partial charge in [-0.25, -0.2) is 8.42 Å². The SMILES string of the molecule is CC(C)(C)Nc1ccc(NS(=O)(=O)CCCc2ccccc2)nn1. The van der Waals surface area contributed by atoms with Gasteiger partial charge in [-0.05, 0) is 51.3 Å². The number of nitrogens with zero attached hydrogens (tertiary/aromatic N) is 2. The van der Waals surface area contributed by atoms with Gasteiger partial charge >= 0.3 is 0 Å². The number of benzene rings is 1. The minimum Gasteiger partial charge on any atom is -0.364 e. The molecule has 0 aliphatic rings. The molecule has 0 bridgehead atoms. The third-order valence-corrected chi connectivity index (χ3v) is 4.50. The molecule has 0 radical (unpaired) electrons. The van der Waals surface area contributed by atoms with Crippen molar-refractivity contribution in [1.82, 2.24) is 10.2 Å². The highest BCUT2D eigenvalue weighted by molar-refractivity contribution is 7.92. The normalized spacial score (nSPS) is 12.0. The Bertz CT molecular complexity index is 738. The first kappa shape index (κ1) is 18.2. The van der Waals surface area contributed by atoms with Crippen LogP contribution in [-0.2, 0) is 16.4 Å². The number of sulfonamides is 1. The lowest BCUT2D eigenvalue weighted by atomic mass is 10.1. The van der Waals surface area contributed by atoms with E-state index < -0.39 is 10.0 Å². The van der Waals surface area contributed by atoms with E-state index in [1.165, 1.54) is 0 Å². The number of aryl methyl sites for hydroxylation is 1. The van der Waals surface area contributed by atoms with E-state index >= 15 is 0 Å². The molecule has 0 saturated carbocycles. The molecule has 0 atom stereocenters. The maximum Gasteiger partial charge on any atom is 0.233 e. The second-order valence-electron chi connectivity index (χ2n) is 6.69. The monoisotopic (exact) mass is 348 g/mol. The number of rotatable bonds is 7. The van der Waals surface area contributed by atoms with Gasteiger partial charge in [0.1, 0.15) is 5.82 Å². The minimum atomic E-state index is -3.43. The van der Waals surface area contributed by atoms with Gasteiger partial charge in [0.05, 0.1) is 5.75 Å². The molecule has 2 N–H and O–H groups in total. The number of hydrogen-bond donors (Lipinski definition) is 2. The first-order valence-electron chi connectivity index (χ1n) is 7.90. The zero-order chi connectivity index (χ0) is 17.6. The van der Waals surface area contributed by atoms with Gasteiger partial charge in [-0.1, -0.05) is 30.3 Å². The van der Waals surface area contributed by atoms with E-state index in [-0.39, 0.29) is 17.1 Å². The van der Waals surface area contributed by atoms with Crippen LogP contribution in [0.3, 0.4) is 0 Å². The summed E-state index contributed by atoms with van der Waals surface area (Å²) in [4.78, 5) is 0. The molecule has 0 saturated heterocycles. The molecule has 2 rings (SSSR count). The minimum absolute atomic E-state index is 0.0472. The van der Waals surface area contributed by atoms with E-state index in [0.717, 1.165) is 12.0 Å². The largest absolute Gasteiger partial charge is 0.364 e. The highest BCUT2D eigenvalue weighted by Crippen LogP contribution is 2.13. The highest BCUT2D eigenvalue weighted by Gasteiger charge is 2.13. The first-order chi connectivity index (χ1) is 11.2. The van der Waals surface area contributed by atoms with E-state index in [2.05, 4.69) is 20.2 Å². The molecule has 24 heavy (non-hydrogen) atoms. The van der Waals surface area contributed by atoms with Crippen molar-refractivity contribution in [1.29, 1.82) is 0 Å². The molecule has 6 nitrogen and oxygen atoms in total. The molecule has 7 heteroatoms. The van der Waals surface area contributed by atoms with Crippen LogP contribution in [0, 0.1) is 0 Å². The Morgan fingerprint density at radius 3 is 2.17 bits per heavy atom. The summed E-state index contributed by atoms with van der Waals surface area (Å²) in [6.07, 6.45) is 1.28. The van der Waals surface area contributed by atoms with Crippen LogP contribution in [0.15, 0.2) is 42.5 Å². The van der Waals surface area contributed by atoms with Crippen molar-refractivity contribution in [3.05, 3.63) is 48.0 Å². The topological polar surface area (TPSA) is 84.0 Å². The predicted molar refractivity (Wildman–Crippen MR) is 97.6 cm³/mol. The van der Waals surface area contributed by atoms with E-state index in [9.17, 15) is 8.42 Å². The summed E-state index contributed by atoms with van der Waals surface area (Å²) in [5.74, 6) is 0.884. The van der Waals surface area contributed by atoms with Crippen molar-refractivity contribution in [2.45, 2.75) is 39.2 Å². The quantitative estimate of drug-likeness (QED) is 0.803. The van der Waals surface area contributed by atoms with Crippen LogP contribution >= 0.6 is 0 Å². The average Bonchev–Trinajstić information content (AvgIpc) is 2.48. The smallest absolute Gasteiger partial charge is 0.233 e. The fourth-order valence-electron chi connectivity index (χ4n) is 2.16. The predicted octanol–water partition coefficient (Wildman–Crippen LogP) is 3.06. The zero-order valence-electron chi connectivity index (χ0n) is 14.3. The molecule has 0 aliphatic carbocycles. The molecule has 0 spiro atoms. The van der Waals surface area contributed by atoms with Gasteiger partial charge in [-0.3, -0.25) is 4.72 Å². The summed E-state index contributed by atoms with van der Waals surface area (Å²) >= 11 is 0. The molecule has 1 heterocycles. The maximum atomic E-state index is 12.1. The lowest BCUT2D eigenvalue weighted by Gasteiger charge is -2.20.